The molecule has 0 spiro atoms. The van der Waals surface area contributed by atoms with Gasteiger partial charge in [0, 0.05) is 0 Å². The predicted octanol–water partition coefficient (Wildman–Crippen LogP) is -0.387. The van der Waals surface area contributed by atoms with Gasteiger partial charge < -0.3 is 10.2 Å². The summed E-state index contributed by atoms with van der Waals surface area (Å²) in [5.41, 5.74) is 0. The summed E-state index contributed by atoms with van der Waals surface area (Å²) >= 11 is 0. The molecule has 4 heteroatoms. The third-order valence-corrected chi connectivity index (χ3v) is 0.581. The fourth-order valence-electron chi connectivity index (χ4n) is 0.177. The van der Waals surface area contributed by atoms with Crippen molar-refractivity contribution < 1.29 is 20.0 Å². The topological polar surface area (TPSA) is 58.9 Å². The average Bonchev–Trinajstić information content (AvgIpc) is 1.83. The highest BCUT2D eigenvalue weighted by molar-refractivity contribution is 4.25. The molecule has 0 aromatic rings. The maximum Gasteiger partial charge on any atom is 0.188 e. The fourth-order valence-corrected chi connectivity index (χ4v) is 0.177. The monoisotopic (exact) mass is 122 g/mol. The van der Waals surface area contributed by atoms with Crippen LogP contribution in [0.3, 0.4) is 0 Å². The Bertz CT molecular complexity index is 47.3. The molecule has 1 atom stereocenters. The summed E-state index contributed by atoms with van der Waals surface area (Å²) in [5.74, 6) is 0. The Morgan fingerprint density at radius 2 is 2.25 bits per heavy atom. The van der Waals surface area contributed by atoms with E-state index in [1.165, 1.54) is 0 Å². The molecular formula is C4H10O4. The van der Waals surface area contributed by atoms with Crippen LogP contribution in [0.1, 0.15) is 13.3 Å². The van der Waals surface area contributed by atoms with E-state index in [1.807, 2.05) is 0 Å². The predicted molar refractivity (Wildman–Crippen MR) is 25.6 cm³/mol. The maximum absolute atomic E-state index is 8.53. The molecule has 0 bridgehead atoms. The SMILES string of the molecule is CCC(O)OOCO. The van der Waals surface area contributed by atoms with E-state index < -0.39 is 13.1 Å². The van der Waals surface area contributed by atoms with Gasteiger partial charge in [-0.05, 0) is 6.42 Å². The van der Waals surface area contributed by atoms with E-state index in [0.29, 0.717) is 6.42 Å². The first-order chi connectivity index (χ1) is 3.81. The first-order valence-corrected chi connectivity index (χ1v) is 2.38. The number of hydrogen-bond acceptors (Lipinski definition) is 4. The molecule has 8 heavy (non-hydrogen) atoms. The van der Waals surface area contributed by atoms with Crippen molar-refractivity contribution in [1.29, 1.82) is 0 Å². The summed E-state index contributed by atoms with van der Waals surface area (Å²) in [6.07, 6.45) is -0.484. The second-order valence-corrected chi connectivity index (χ2v) is 1.21. The second-order valence-electron chi connectivity index (χ2n) is 1.21. The lowest BCUT2D eigenvalue weighted by Crippen LogP contribution is -2.10. The lowest BCUT2D eigenvalue weighted by atomic mass is 10.5. The Kier molecular flexibility index (Phi) is 4.89. The molecule has 4 nitrogen and oxygen atoms in total. The van der Waals surface area contributed by atoms with Gasteiger partial charge in [0.2, 0.25) is 0 Å². The van der Waals surface area contributed by atoms with E-state index in [9.17, 15) is 0 Å². The highest BCUT2D eigenvalue weighted by atomic mass is 17.2. The van der Waals surface area contributed by atoms with Crippen LogP contribution in [0.5, 0.6) is 0 Å². The van der Waals surface area contributed by atoms with Gasteiger partial charge in [0.05, 0.1) is 0 Å². The number of hydrogen-bond donors (Lipinski definition) is 2. The average molecular weight is 122 g/mol. The van der Waals surface area contributed by atoms with Crippen molar-refractivity contribution in [2.24, 2.45) is 0 Å². The van der Waals surface area contributed by atoms with E-state index in [-0.39, 0.29) is 0 Å². The molecule has 0 aliphatic rings. The minimum Gasteiger partial charge on any atom is -0.368 e. The zero-order valence-electron chi connectivity index (χ0n) is 4.70. The normalized spacial score (nSPS) is 13.9. The van der Waals surface area contributed by atoms with Crippen LogP contribution in [0.15, 0.2) is 0 Å². The number of rotatable bonds is 4. The van der Waals surface area contributed by atoms with E-state index in [0.717, 1.165) is 0 Å². The van der Waals surface area contributed by atoms with Gasteiger partial charge in [-0.3, -0.25) is 0 Å². The summed E-state index contributed by atoms with van der Waals surface area (Å²) in [6, 6.07) is 0. The summed E-state index contributed by atoms with van der Waals surface area (Å²) in [5, 5.41) is 16.5. The molecule has 0 rings (SSSR count). The minimum absolute atomic E-state index is 0.444. The molecule has 0 radical (unpaired) electrons. The van der Waals surface area contributed by atoms with Gasteiger partial charge in [-0.2, -0.15) is 0 Å². The highest BCUT2D eigenvalue weighted by Crippen LogP contribution is 1.91. The number of aliphatic hydroxyl groups excluding tert-OH is 2. The third-order valence-electron chi connectivity index (χ3n) is 0.581. The molecule has 1 unspecified atom stereocenters. The Labute approximate surface area is 47.6 Å². The Morgan fingerprint density at radius 1 is 1.62 bits per heavy atom. The zero-order valence-corrected chi connectivity index (χ0v) is 4.70. The van der Waals surface area contributed by atoms with Crippen LogP contribution in [0.2, 0.25) is 0 Å². The first kappa shape index (κ1) is 7.84. The highest BCUT2D eigenvalue weighted by Gasteiger charge is 1.97. The van der Waals surface area contributed by atoms with Crippen molar-refractivity contribution in [3.63, 3.8) is 0 Å². The minimum atomic E-state index is -0.929. The molecule has 0 aliphatic heterocycles. The Morgan fingerprint density at radius 3 is 2.62 bits per heavy atom. The molecular weight excluding hydrogens is 112 g/mol. The van der Waals surface area contributed by atoms with Crippen molar-refractivity contribution >= 4 is 0 Å². The molecule has 0 amide bonds. The molecule has 2 N–H and O–H groups in total. The molecule has 0 aromatic heterocycles. The second kappa shape index (κ2) is 4.99. The van der Waals surface area contributed by atoms with Crippen LogP contribution in [-0.4, -0.2) is 23.3 Å². The van der Waals surface area contributed by atoms with Gasteiger partial charge in [-0.1, -0.05) is 6.92 Å². The van der Waals surface area contributed by atoms with Gasteiger partial charge in [0.15, 0.2) is 13.1 Å². The number of aliphatic hydroxyl groups is 2. The quantitative estimate of drug-likeness (QED) is 0.303. The van der Waals surface area contributed by atoms with E-state index in [1.54, 1.807) is 6.92 Å². The maximum atomic E-state index is 8.53. The molecule has 50 valence electrons. The van der Waals surface area contributed by atoms with Crippen molar-refractivity contribution in [2.45, 2.75) is 19.6 Å². The molecule has 0 aliphatic carbocycles. The lowest BCUT2D eigenvalue weighted by Gasteiger charge is -2.04. The van der Waals surface area contributed by atoms with Gasteiger partial charge in [-0.15, -0.1) is 0 Å². The van der Waals surface area contributed by atoms with Crippen molar-refractivity contribution in [3.05, 3.63) is 0 Å². The standard InChI is InChI=1S/C4H10O4/c1-2-4(6)8-7-3-5/h4-6H,2-3H2,1H3. The van der Waals surface area contributed by atoms with Gasteiger partial charge in [0.25, 0.3) is 0 Å². The molecule has 0 heterocycles. The van der Waals surface area contributed by atoms with Gasteiger partial charge >= 0.3 is 0 Å². The zero-order chi connectivity index (χ0) is 6.41. The van der Waals surface area contributed by atoms with Gasteiger partial charge in [0.1, 0.15) is 0 Å². The Balaban J connectivity index is 2.86. The van der Waals surface area contributed by atoms with E-state index in [2.05, 4.69) is 9.78 Å². The smallest absolute Gasteiger partial charge is 0.188 e. The van der Waals surface area contributed by atoms with Crippen LogP contribution in [-0.2, 0) is 9.78 Å². The van der Waals surface area contributed by atoms with E-state index >= 15 is 0 Å². The van der Waals surface area contributed by atoms with Crippen LogP contribution in [0, 0.1) is 0 Å². The van der Waals surface area contributed by atoms with Crippen LogP contribution in [0.25, 0.3) is 0 Å². The summed E-state index contributed by atoms with van der Waals surface area (Å²) in [7, 11) is 0. The lowest BCUT2D eigenvalue weighted by molar-refractivity contribution is -0.392. The van der Waals surface area contributed by atoms with E-state index in [4.69, 9.17) is 10.2 Å². The van der Waals surface area contributed by atoms with Crippen molar-refractivity contribution in [2.75, 3.05) is 6.79 Å². The molecule has 0 aromatic carbocycles. The van der Waals surface area contributed by atoms with Crippen molar-refractivity contribution in [1.82, 2.24) is 0 Å². The largest absolute Gasteiger partial charge is 0.368 e. The van der Waals surface area contributed by atoms with Crippen LogP contribution < -0.4 is 0 Å². The third kappa shape index (κ3) is 4.01. The van der Waals surface area contributed by atoms with Gasteiger partial charge in [-0.25, -0.2) is 9.78 Å². The van der Waals surface area contributed by atoms with Crippen molar-refractivity contribution in [3.8, 4) is 0 Å². The Hall–Kier alpha value is -0.160. The summed E-state index contributed by atoms with van der Waals surface area (Å²) in [4.78, 5) is 8.14. The summed E-state index contributed by atoms with van der Waals surface area (Å²) in [6.45, 7) is 1.20. The van der Waals surface area contributed by atoms with Crippen LogP contribution in [0.4, 0.5) is 0 Å². The molecule has 0 saturated carbocycles. The molecule has 0 saturated heterocycles. The first-order valence-electron chi connectivity index (χ1n) is 2.38. The fraction of sp³-hybridized carbons (Fsp3) is 1.00. The van der Waals surface area contributed by atoms with Crippen LogP contribution >= 0.6 is 0 Å². The molecule has 0 fully saturated rings. The summed E-state index contributed by atoms with van der Waals surface area (Å²) < 4.78 is 0.